The summed E-state index contributed by atoms with van der Waals surface area (Å²) in [5.74, 6) is 0.0493. The molecule has 2 aromatic carbocycles. The van der Waals surface area contributed by atoms with E-state index in [4.69, 9.17) is 16.0 Å². The molecule has 3 nitrogen and oxygen atoms in total. The van der Waals surface area contributed by atoms with Gasteiger partial charge in [0.25, 0.3) is 0 Å². The third kappa shape index (κ3) is 3.57. The number of fused-ring (bicyclic) bond motifs is 1. The van der Waals surface area contributed by atoms with Gasteiger partial charge in [0.2, 0.25) is 5.91 Å². The highest BCUT2D eigenvalue weighted by molar-refractivity contribution is 6.30. The van der Waals surface area contributed by atoms with Crippen molar-refractivity contribution in [1.29, 1.82) is 0 Å². The molecule has 3 aromatic rings. The lowest BCUT2D eigenvalue weighted by Crippen LogP contribution is -2.27. The van der Waals surface area contributed by atoms with Crippen molar-refractivity contribution in [3.05, 3.63) is 70.4 Å². The number of carbonyl (C=O) groups excluding carboxylic acids is 1. The van der Waals surface area contributed by atoms with Gasteiger partial charge in [-0.05, 0) is 36.2 Å². The summed E-state index contributed by atoms with van der Waals surface area (Å²) in [6.45, 7) is 2.56. The van der Waals surface area contributed by atoms with E-state index in [1.54, 1.807) is 18.2 Å². The number of hydrogen-bond donors (Lipinski definition) is 0. The van der Waals surface area contributed by atoms with Crippen LogP contribution in [0.15, 0.2) is 53.1 Å². The third-order valence-corrected chi connectivity index (χ3v) is 4.12. The Morgan fingerprint density at radius 1 is 1.22 bits per heavy atom. The van der Waals surface area contributed by atoms with Crippen LogP contribution in [0, 0.1) is 6.92 Å². The molecule has 0 spiro atoms. The molecule has 0 radical (unpaired) electrons. The normalized spacial score (nSPS) is 10.9. The molecule has 118 valence electrons. The molecule has 0 fully saturated rings. The van der Waals surface area contributed by atoms with Gasteiger partial charge in [-0.15, -0.1) is 0 Å². The highest BCUT2D eigenvalue weighted by atomic mass is 35.5. The number of rotatable bonds is 4. The Labute approximate surface area is 140 Å². The summed E-state index contributed by atoms with van der Waals surface area (Å²) in [5.41, 5.74) is 3.90. The zero-order valence-corrected chi connectivity index (χ0v) is 13.9. The van der Waals surface area contributed by atoms with E-state index in [2.05, 4.69) is 0 Å². The van der Waals surface area contributed by atoms with E-state index in [1.165, 1.54) is 0 Å². The second-order valence-corrected chi connectivity index (χ2v) is 6.25. The molecule has 1 amide bonds. The van der Waals surface area contributed by atoms with E-state index in [0.29, 0.717) is 18.0 Å². The number of likely N-dealkylation sites (N-methyl/N-ethyl adjacent to an activating group) is 1. The predicted molar refractivity (Wildman–Crippen MR) is 92.6 cm³/mol. The first-order valence-electron chi connectivity index (χ1n) is 7.48. The molecule has 1 aromatic heterocycles. The molecule has 0 unspecified atom stereocenters. The average molecular weight is 328 g/mol. The summed E-state index contributed by atoms with van der Waals surface area (Å²) in [6.07, 6.45) is 2.00. The Hall–Kier alpha value is -2.26. The van der Waals surface area contributed by atoms with Crippen LogP contribution in [0.25, 0.3) is 11.0 Å². The van der Waals surface area contributed by atoms with E-state index in [1.807, 2.05) is 49.4 Å². The lowest BCUT2D eigenvalue weighted by molar-refractivity contribution is -0.129. The van der Waals surface area contributed by atoms with Crippen LogP contribution in [-0.4, -0.2) is 17.9 Å². The van der Waals surface area contributed by atoms with Gasteiger partial charge in [0, 0.05) is 29.6 Å². The van der Waals surface area contributed by atoms with Crippen LogP contribution in [0.4, 0.5) is 0 Å². The van der Waals surface area contributed by atoms with Gasteiger partial charge in [0.05, 0.1) is 12.7 Å². The molecular formula is C19H18ClNO2. The van der Waals surface area contributed by atoms with Crippen molar-refractivity contribution in [3.63, 3.8) is 0 Å². The maximum absolute atomic E-state index is 12.5. The minimum atomic E-state index is 0.0493. The van der Waals surface area contributed by atoms with E-state index in [-0.39, 0.29) is 5.91 Å². The average Bonchev–Trinajstić information content (AvgIpc) is 2.89. The second-order valence-electron chi connectivity index (χ2n) is 5.82. The van der Waals surface area contributed by atoms with Gasteiger partial charge in [0.15, 0.2) is 0 Å². The Morgan fingerprint density at radius 2 is 2.04 bits per heavy atom. The van der Waals surface area contributed by atoms with Crippen LogP contribution in [0.1, 0.15) is 16.7 Å². The highest BCUT2D eigenvalue weighted by Crippen LogP contribution is 2.23. The number of amides is 1. The SMILES string of the molecule is Cc1ccc2c(CC(=O)N(C)Cc3cccc(Cl)c3)coc2c1. The summed E-state index contributed by atoms with van der Waals surface area (Å²) in [6, 6.07) is 13.6. The quantitative estimate of drug-likeness (QED) is 0.702. The summed E-state index contributed by atoms with van der Waals surface area (Å²) in [5, 5.41) is 1.68. The molecule has 0 saturated carbocycles. The monoisotopic (exact) mass is 327 g/mol. The molecule has 3 rings (SSSR count). The van der Waals surface area contributed by atoms with Crippen LogP contribution in [0.3, 0.4) is 0 Å². The minimum Gasteiger partial charge on any atom is -0.464 e. The maximum atomic E-state index is 12.5. The molecule has 0 aliphatic rings. The van der Waals surface area contributed by atoms with Gasteiger partial charge < -0.3 is 9.32 Å². The van der Waals surface area contributed by atoms with Gasteiger partial charge in [-0.1, -0.05) is 35.9 Å². The Bertz CT molecular complexity index is 853. The highest BCUT2D eigenvalue weighted by Gasteiger charge is 2.14. The maximum Gasteiger partial charge on any atom is 0.227 e. The minimum absolute atomic E-state index is 0.0493. The van der Waals surface area contributed by atoms with Crippen LogP contribution >= 0.6 is 11.6 Å². The number of aryl methyl sites for hydroxylation is 1. The Balaban J connectivity index is 1.72. The summed E-state index contributed by atoms with van der Waals surface area (Å²) in [7, 11) is 1.80. The first-order chi connectivity index (χ1) is 11.0. The number of nitrogens with zero attached hydrogens (tertiary/aromatic N) is 1. The molecule has 0 aliphatic carbocycles. The molecule has 23 heavy (non-hydrogen) atoms. The number of hydrogen-bond acceptors (Lipinski definition) is 2. The molecule has 0 saturated heterocycles. The predicted octanol–water partition coefficient (Wildman–Crippen LogP) is 4.60. The molecule has 1 heterocycles. The lowest BCUT2D eigenvalue weighted by atomic mass is 10.1. The van der Waals surface area contributed by atoms with Gasteiger partial charge in [-0.2, -0.15) is 0 Å². The number of halogens is 1. The van der Waals surface area contributed by atoms with Crippen molar-refractivity contribution in [1.82, 2.24) is 4.90 Å². The van der Waals surface area contributed by atoms with Crippen LogP contribution < -0.4 is 0 Å². The molecule has 0 N–H and O–H groups in total. The number of benzene rings is 2. The van der Waals surface area contributed by atoms with Gasteiger partial charge in [-0.25, -0.2) is 0 Å². The van der Waals surface area contributed by atoms with Crippen molar-refractivity contribution in [3.8, 4) is 0 Å². The zero-order valence-electron chi connectivity index (χ0n) is 13.2. The Kier molecular flexibility index (Phi) is 4.39. The third-order valence-electron chi connectivity index (χ3n) is 3.89. The van der Waals surface area contributed by atoms with Crippen molar-refractivity contribution in [2.45, 2.75) is 19.9 Å². The summed E-state index contributed by atoms with van der Waals surface area (Å²) < 4.78 is 5.56. The van der Waals surface area contributed by atoms with E-state index >= 15 is 0 Å². The largest absolute Gasteiger partial charge is 0.464 e. The van der Waals surface area contributed by atoms with E-state index in [0.717, 1.165) is 27.7 Å². The van der Waals surface area contributed by atoms with E-state index < -0.39 is 0 Å². The summed E-state index contributed by atoms with van der Waals surface area (Å²) in [4.78, 5) is 14.2. The first kappa shape index (κ1) is 15.6. The Morgan fingerprint density at radius 3 is 2.83 bits per heavy atom. The first-order valence-corrected chi connectivity index (χ1v) is 7.86. The van der Waals surface area contributed by atoms with Crippen molar-refractivity contribution in [2.24, 2.45) is 0 Å². The topological polar surface area (TPSA) is 33.5 Å². The second kappa shape index (κ2) is 6.47. The fourth-order valence-electron chi connectivity index (χ4n) is 2.62. The molecule has 0 bridgehead atoms. The van der Waals surface area contributed by atoms with Crippen LogP contribution in [-0.2, 0) is 17.8 Å². The van der Waals surface area contributed by atoms with Crippen molar-refractivity contribution in [2.75, 3.05) is 7.05 Å². The number of furan rings is 1. The summed E-state index contributed by atoms with van der Waals surface area (Å²) >= 11 is 5.99. The molecule has 0 aliphatic heterocycles. The van der Waals surface area contributed by atoms with Crippen molar-refractivity contribution >= 4 is 28.5 Å². The fraction of sp³-hybridized carbons (Fsp3) is 0.211. The molecule has 4 heteroatoms. The van der Waals surface area contributed by atoms with Gasteiger partial charge >= 0.3 is 0 Å². The smallest absolute Gasteiger partial charge is 0.227 e. The zero-order chi connectivity index (χ0) is 16.4. The van der Waals surface area contributed by atoms with Gasteiger partial charge in [0.1, 0.15) is 5.58 Å². The van der Waals surface area contributed by atoms with Crippen molar-refractivity contribution < 1.29 is 9.21 Å². The van der Waals surface area contributed by atoms with Gasteiger partial charge in [-0.3, -0.25) is 4.79 Å². The van der Waals surface area contributed by atoms with Crippen LogP contribution in [0.2, 0.25) is 5.02 Å². The lowest BCUT2D eigenvalue weighted by Gasteiger charge is -2.17. The molecular weight excluding hydrogens is 310 g/mol. The number of carbonyl (C=O) groups is 1. The van der Waals surface area contributed by atoms with Crippen LogP contribution in [0.5, 0.6) is 0 Å². The fourth-order valence-corrected chi connectivity index (χ4v) is 2.84. The standard InChI is InChI=1S/C19H18ClNO2/c1-13-6-7-17-15(12-23-18(17)8-13)10-19(22)21(2)11-14-4-3-5-16(20)9-14/h3-9,12H,10-11H2,1-2H3. The van der Waals surface area contributed by atoms with E-state index in [9.17, 15) is 4.79 Å². The molecule has 0 atom stereocenters.